The quantitative estimate of drug-likeness (QED) is 0.757. The van der Waals surface area contributed by atoms with E-state index in [0.717, 1.165) is 12.8 Å². The molecule has 1 aromatic carbocycles. The van der Waals surface area contributed by atoms with E-state index in [9.17, 15) is 9.90 Å². The van der Waals surface area contributed by atoms with E-state index < -0.39 is 0 Å². The highest BCUT2D eigenvalue weighted by atomic mass is 16.5. The van der Waals surface area contributed by atoms with Crippen LogP contribution in [0.15, 0.2) is 30.3 Å². The summed E-state index contributed by atoms with van der Waals surface area (Å²) in [5.74, 6) is -0.0624. The van der Waals surface area contributed by atoms with Crippen molar-refractivity contribution >= 4 is 5.97 Å². The van der Waals surface area contributed by atoms with E-state index in [1.807, 2.05) is 32.0 Å². The smallest absolute Gasteiger partial charge is 0.338 e. The lowest BCUT2D eigenvalue weighted by Gasteiger charge is -2.17. The molecule has 18 heavy (non-hydrogen) atoms. The maximum atomic E-state index is 11.7. The lowest BCUT2D eigenvalue weighted by atomic mass is 9.98. The van der Waals surface area contributed by atoms with E-state index in [-0.39, 0.29) is 18.0 Å². The fourth-order valence-corrected chi connectivity index (χ4v) is 1.76. The summed E-state index contributed by atoms with van der Waals surface area (Å²) in [4.78, 5) is 11.7. The fourth-order valence-electron chi connectivity index (χ4n) is 1.76. The second kappa shape index (κ2) is 7.88. The summed E-state index contributed by atoms with van der Waals surface area (Å²) in [5.41, 5.74) is 0.573. The number of rotatable bonds is 7. The zero-order valence-electron chi connectivity index (χ0n) is 11.1. The minimum atomic E-state index is -0.301. The van der Waals surface area contributed by atoms with Crippen LogP contribution in [0, 0.1) is 5.92 Å². The van der Waals surface area contributed by atoms with Gasteiger partial charge in [0.1, 0.15) is 0 Å². The second-order valence-corrected chi connectivity index (χ2v) is 4.54. The molecule has 0 heterocycles. The number of aliphatic hydroxyl groups excluding tert-OH is 1. The molecule has 0 saturated carbocycles. The minimum absolute atomic E-state index is 0.229. The zero-order valence-corrected chi connectivity index (χ0v) is 11.1. The average molecular weight is 250 g/mol. The molecule has 0 aliphatic heterocycles. The summed E-state index contributed by atoms with van der Waals surface area (Å²) < 4.78 is 5.28. The molecule has 0 aliphatic rings. The van der Waals surface area contributed by atoms with Crippen molar-refractivity contribution in [1.29, 1.82) is 0 Å². The van der Waals surface area contributed by atoms with Crippen LogP contribution in [0.25, 0.3) is 0 Å². The first-order valence-electron chi connectivity index (χ1n) is 6.57. The normalized spacial score (nSPS) is 13.9. The molecular formula is C15H22O3. The molecule has 0 aromatic heterocycles. The Labute approximate surface area is 109 Å². The third kappa shape index (κ3) is 4.88. The topological polar surface area (TPSA) is 46.5 Å². The van der Waals surface area contributed by atoms with Gasteiger partial charge in [-0.05, 0) is 37.3 Å². The molecule has 1 rings (SSSR count). The first-order valence-corrected chi connectivity index (χ1v) is 6.57. The minimum Gasteiger partial charge on any atom is -0.462 e. The van der Waals surface area contributed by atoms with Crippen LogP contribution >= 0.6 is 0 Å². The van der Waals surface area contributed by atoms with Gasteiger partial charge in [-0.1, -0.05) is 32.0 Å². The molecule has 0 fully saturated rings. The molecule has 0 aliphatic carbocycles. The summed E-state index contributed by atoms with van der Waals surface area (Å²) in [5, 5.41) is 9.60. The number of hydrogen-bond donors (Lipinski definition) is 1. The number of carbonyl (C=O) groups excluding carboxylic acids is 1. The van der Waals surface area contributed by atoms with E-state index in [4.69, 9.17) is 4.74 Å². The molecule has 1 N–H and O–H groups in total. The molecule has 1 aromatic rings. The van der Waals surface area contributed by atoms with Crippen LogP contribution in [0.2, 0.25) is 0 Å². The van der Waals surface area contributed by atoms with Crippen LogP contribution in [0.4, 0.5) is 0 Å². The van der Waals surface area contributed by atoms with Gasteiger partial charge in [-0.25, -0.2) is 4.79 Å². The molecule has 3 heteroatoms. The first-order chi connectivity index (χ1) is 8.67. The van der Waals surface area contributed by atoms with E-state index >= 15 is 0 Å². The van der Waals surface area contributed by atoms with Crippen LogP contribution in [0.1, 0.15) is 43.5 Å². The van der Waals surface area contributed by atoms with Gasteiger partial charge in [-0.2, -0.15) is 0 Å². The average Bonchev–Trinajstić information content (AvgIpc) is 2.43. The Bertz CT molecular complexity index is 348. The Balaban J connectivity index is 2.41. The van der Waals surface area contributed by atoms with Crippen LogP contribution < -0.4 is 0 Å². The Morgan fingerprint density at radius 3 is 2.44 bits per heavy atom. The summed E-state index contributed by atoms with van der Waals surface area (Å²) in [6.07, 6.45) is 2.03. The number of carbonyl (C=O) groups is 1. The van der Waals surface area contributed by atoms with Crippen molar-refractivity contribution in [1.82, 2.24) is 0 Å². The molecule has 2 unspecified atom stereocenters. The predicted molar refractivity (Wildman–Crippen MR) is 71.4 cm³/mol. The fraction of sp³-hybridized carbons (Fsp3) is 0.533. The van der Waals surface area contributed by atoms with Gasteiger partial charge in [0.25, 0.3) is 0 Å². The molecule has 3 nitrogen and oxygen atoms in total. The number of hydrogen-bond acceptors (Lipinski definition) is 3. The van der Waals surface area contributed by atoms with Crippen LogP contribution in [-0.2, 0) is 4.74 Å². The van der Waals surface area contributed by atoms with E-state index in [0.29, 0.717) is 18.6 Å². The molecule has 100 valence electrons. The second-order valence-electron chi connectivity index (χ2n) is 4.54. The molecule has 0 amide bonds. The Hall–Kier alpha value is -1.35. The van der Waals surface area contributed by atoms with Gasteiger partial charge in [0.15, 0.2) is 0 Å². The Kier molecular flexibility index (Phi) is 6.44. The Morgan fingerprint density at radius 2 is 1.89 bits per heavy atom. The van der Waals surface area contributed by atoms with Gasteiger partial charge in [0.2, 0.25) is 0 Å². The van der Waals surface area contributed by atoms with Crippen molar-refractivity contribution in [3.05, 3.63) is 35.9 Å². The van der Waals surface area contributed by atoms with Crippen molar-refractivity contribution in [2.75, 3.05) is 6.61 Å². The third-order valence-corrected chi connectivity index (χ3v) is 3.11. The number of benzene rings is 1. The van der Waals surface area contributed by atoms with Gasteiger partial charge in [0, 0.05) is 0 Å². The summed E-state index contributed by atoms with van der Waals surface area (Å²) in [6.45, 7) is 4.37. The summed E-state index contributed by atoms with van der Waals surface area (Å²) in [6, 6.07) is 8.97. The van der Waals surface area contributed by atoms with Crippen LogP contribution in [-0.4, -0.2) is 23.8 Å². The lowest BCUT2D eigenvalue weighted by molar-refractivity contribution is 0.0372. The standard InChI is InChI=1S/C15H22O3/c1-3-12(10-14(16)4-2)11-18-15(17)13-8-6-5-7-9-13/h5-9,12,14,16H,3-4,10-11H2,1-2H3. The van der Waals surface area contributed by atoms with Gasteiger partial charge >= 0.3 is 5.97 Å². The third-order valence-electron chi connectivity index (χ3n) is 3.11. The maximum absolute atomic E-state index is 11.7. The lowest BCUT2D eigenvalue weighted by Crippen LogP contribution is -2.19. The van der Waals surface area contributed by atoms with Gasteiger partial charge in [-0.15, -0.1) is 0 Å². The predicted octanol–water partition coefficient (Wildman–Crippen LogP) is 3.03. The van der Waals surface area contributed by atoms with Crippen LogP contribution in [0.5, 0.6) is 0 Å². The van der Waals surface area contributed by atoms with Crippen molar-refractivity contribution in [3.63, 3.8) is 0 Å². The summed E-state index contributed by atoms with van der Waals surface area (Å²) >= 11 is 0. The van der Waals surface area contributed by atoms with Crippen molar-refractivity contribution in [3.8, 4) is 0 Å². The highest BCUT2D eigenvalue weighted by Crippen LogP contribution is 2.14. The summed E-state index contributed by atoms with van der Waals surface area (Å²) in [7, 11) is 0. The van der Waals surface area contributed by atoms with Crippen LogP contribution in [0.3, 0.4) is 0 Å². The van der Waals surface area contributed by atoms with Gasteiger partial charge < -0.3 is 9.84 Å². The molecule has 0 radical (unpaired) electrons. The maximum Gasteiger partial charge on any atom is 0.338 e. The highest BCUT2D eigenvalue weighted by Gasteiger charge is 2.14. The van der Waals surface area contributed by atoms with E-state index in [2.05, 4.69) is 0 Å². The first kappa shape index (κ1) is 14.7. The number of aliphatic hydroxyl groups is 1. The Morgan fingerprint density at radius 1 is 1.22 bits per heavy atom. The van der Waals surface area contributed by atoms with E-state index in [1.54, 1.807) is 12.1 Å². The van der Waals surface area contributed by atoms with Crippen molar-refractivity contribution in [2.45, 2.75) is 39.2 Å². The molecule has 2 atom stereocenters. The van der Waals surface area contributed by atoms with Crippen molar-refractivity contribution in [2.24, 2.45) is 5.92 Å². The van der Waals surface area contributed by atoms with E-state index in [1.165, 1.54) is 0 Å². The molecule has 0 bridgehead atoms. The van der Waals surface area contributed by atoms with Gasteiger partial charge in [-0.3, -0.25) is 0 Å². The van der Waals surface area contributed by atoms with Crippen molar-refractivity contribution < 1.29 is 14.6 Å². The highest BCUT2D eigenvalue weighted by molar-refractivity contribution is 5.89. The molecular weight excluding hydrogens is 228 g/mol. The number of ether oxygens (including phenoxy) is 1. The monoisotopic (exact) mass is 250 g/mol. The SMILES string of the molecule is CCC(O)CC(CC)COC(=O)c1ccccc1. The molecule has 0 spiro atoms. The largest absolute Gasteiger partial charge is 0.462 e. The van der Waals surface area contributed by atoms with Gasteiger partial charge in [0.05, 0.1) is 18.3 Å². The molecule has 0 saturated heterocycles. The number of esters is 1. The zero-order chi connectivity index (χ0) is 13.4.